The molecule has 0 aliphatic heterocycles. The molecule has 1 amide bonds. The number of hydrogen-bond donors (Lipinski definition) is 1. The maximum atomic E-state index is 11.5. The number of anilines is 1. The fourth-order valence-electron chi connectivity index (χ4n) is 1.81. The molecule has 0 bridgehead atoms. The summed E-state index contributed by atoms with van der Waals surface area (Å²) in [6, 6.07) is 6.01. The number of nitriles is 1. The van der Waals surface area contributed by atoms with E-state index in [1.54, 1.807) is 4.90 Å². The zero-order valence-electron chi connectivity index (χ0n) is 11.4. The van der Waals surface area contributed by atoms with Gasteiger partial charge in [0.15, 0.2) is 0 Å². The summed E-state index contributed by atoms with van der Waals surface area (Å²) in [4.78, 5) is 23.4. The van der Waals surface area contributed by atoms with Gasteiger partial charge in [0, 0.05) is 25.7 Å². The zero-order chi connectivity index (χ0) is 15.1. The molecular formula is C13H16N4O3. The molecule has 0 fully saturated rings. The Labute approximate surface area is 117 Å². The number of nitrogens with one attached hydrogen (secondary N) is 1. The fourth-order valence-corrected chi connectivity index (χ4v) is 1.81. The molecule has 0 atom stereocenters. The molecule has 7 heteroatoms. The highest BCUT2D eigenvalue weighted by Crippen LogP contribution is 2.25. The van der Waals surface area contributed by atoms with Crippen LogP contribution in [-0.2, 0) is 4.79 Å². The van der Waals surface area contributed by atoms with Gasteiger partial charge >= 0.3 is 0 Å². The van der Waals surface area contributed by atoms with Crippen LogP contribution < -0.4 is 10.2 Å². The van der Waals surface area contributed by atoms with Crippen LogP contribution in [0.1, 0.15) is 18.9 Å². The molecule has 7 nitrogen and oxygen atoms in total. The van der Waals surface area contributed by atoms with Crippen LogP contribution in [0.4, 0.5) is 11.4 Å². The largest absolute Gasteiger partial charge is 0.361 e. The first-order chi connectivity index (χ1) is 9.53. The molecule has 0 aliphatic carbocycles. The lowest BCUT2D eigenvalue weighted by atomic mass is 10.1. The minimum absolute atomic E-state index is 0.108. The SMILES string of the molecule is CCCN(CC(=O)NC)c1ccc([N+](=O)[O-])cc1C#N. The summed E-state index contributed by atoms with van der Waals surface area (Å²) < 4.78 is 0. The number of likely N-dealkylation sites (N-methyl/N-ethyl adjacent to an activating group) is 1. The van der Waals surface area contributed by atoms with Crippen molar-refractivity contribution in [2.24, 2.45) is 0 Å². The number of rotatable bonds is 6. The van der Waals surface area contributed by atoms with Crippen molar-refractivity contribution in [2.75, 3.05) is 25.0 Å². The first-order valence-electron chi connectivity index (χ1n) is 6.17. The highest BCUT2D eigenvalue weighted by atomic mass is 16.6. The Balaban J connectivity index is 3.16. The van der Waals surface area contributed by atoms with Crippen molar-refractivity contribution in [1.82, 2.24) is 5.32 Å². The standard InChI is InChI=1S/C13H16N4O3/c1-3-6-16(9-13(18)15-2)12-5-4-11(17(19)20)7-10(12)8-14/h4-5,7H,3,6,9H2,1-2H3,(H,15,18). The van der Waals surface area contributed by atoms with Crippen LogP contribution in [0.25, 0.3) is 0 Å². The smallest absolute Gasteiger partial charge is 0.270 e. The second-order valence-electron chi connectivity index (χ2n) is 4.17. The van der Waals surface area contributed by atoms with E-state index in [4.69, 9.17) is 5.26 Å². The molecule has 0 saturated carbocycles. The van der Waals surface area contributed by atoms with Crippen molar-refractivity contribution in [1.29, 1.82) is 5.26 Å². The van der Waals surface area contributed by atoms with Crippen LogP contribution in [0.2, 0.25) is 0 Å². The number of hydrogen-bond acceptors (Lipinski definition) is 5. The number of carbonyl (C=O) groups excluding carboxylic acids is 1. The van der Waals surface area contributed by atoms with E-state index in [0.29, 0.717) is 12.2 Å². The third-order valence-electron chi connectivity index (χ3n) is 2.76. The summed E-state index contributed by atoms with van der Waals surface area (Å²) in [6.45, 7) is 2.64. The van der Waals surface area contributed by atoms with E-state index in [0.717, 1.165) is 6.42 Å². The zero-order valence-corrected chi connectivity index (χ0v) is 11.4. The van der Waals surface area contributed by atoms with Gasteiger partial charge in [-0.05, 0) is 12.5 Å². The first-order valence-corrected chi connectivity index (χ1v) is 6.17. The number of nitro groups is 1. The van der Waals surface area contributed by atoms with Gasteiger partial charge in [-0.3, -0.25) is 14.9 Å². The van der Waals surface area contributed by atoms with Crippen molar-refractivity contribution in [3.8, 4) is 6.07 Å². The number of nitro benzene ring substituents is 1. The van der Waals surface area contributed by atoms with Crippen molar-refractivity contribution in [2.45, 2.75) is 13.3 Å². The predicted octanol–water partition coefficient (Wildman–Crippen LogP) is 1.43. The monoisotopic (exact) mass is 276 g/mol. The van der Waals surface area contributed by atoms with Gasteiger partial charge in [0.25, 0.3) is 5.69 Å². The Kier molecular flexibility index (Phi) is 5.47. The number of non-ortho nitro benzene ring substituents is 1. The van der Waals surface area contributed by atoms with Gasteiger partial charge in [0.1, 0.15) is 6.07 Å². The molecule has 1 aromatic carbocycles. The number of amides is 1. The third kappa shape index (κ3) is 3.68. The van der Waals surface area contributed by atoms with Gasteiger partial charge in [-0.15, -0.1) is 0 Å². The maximum Gasteiger partial charge on any atom is 0.270 e. The Bertz CT molecular complexity index is 551. The normalized spacial score (nSPS) is 9.65. The number of benzene rings is 1. The molecule has 1 rings (SSSR count). The quantitative estimate of drug-likeness (QED) is 0.626. The van der Waals surface area contributed by atoms with Crippen LogP contribution in [-0.4, -0.2) is 31.0 Å². The van der Waals surface area contributed by atoms with Gasteiger partial charge < -0.3 is 10.2 Å². The third-order valence-corrected chi connectivity index (χ3v) is 2.76. The van der Waals surface area contributed by atoms with E-state index in [2.05, 4.69) is 5.32 Å². The topological polar surface area (TPSA) is 99.3 Å². The molecule has 1 aromatic rings. The highest BCUT2D eigenvalue weighted by molar-refractivity contribution is 5.82. The number of nitrogens with zero attached hydrogens (tertiary/aromatic N) is 3. The first kappa shape index (κ1) is 15.4. The van der Waals surface area contributed by atoms with E-state index >= 15 is 0 Å². The van der Waals surface area contributed by atoms with Gasteiger partial charge in [-0.1, -0.05) is 6.92 Å². The summed E-state index contributed by atoms with van der Waals surface area (Å²) in [5.74, 6) is -0.180. The Morgan fingerprint density at radius 2 is 2.25 bits per heavy atom. The molecule has 1 N–H and O–H groups in total. The van der Waals surface area contributed by atoms with Crippen molar-refractivity contribution in [3.05, 3.63) is 33.9 Å². The van der Waals surface area contributed by atoms with Crippen LogP contribution in [0.3, 0.4) is 0 Å². The van der Waals surface area contributed by atoms with Crippen LogP contribution in [0.15, 0.2) is 18.2 Å². The van der Waals surface area contributed by atoms with Gasteiger partial charge in [-0.25, -0.2) is 0 Å². The summed E-state index contributed by atoms with van der Waals surface area (Å²) in [5.41, 5.74) is 0.585. The van der Waals surface area contributed by atoms with E-state index in [1.165, 1.54) is 25.2 Å². The summed E-state index contributed by atoms with van der Waals surface area (Å²) in [5, 5.41) is 22.4. The maximum absolute atomic E-state index is 11.5. The molecule has 0 heterocycles. The van der Waals surface area contributed by atoms with Crippen LogP contribution >= 0.6 is 0 Å². The lowest BCUT2D eigenvalue weighted by Crippen LogP contribution is -2.36. The average molecular weight is 276 g/mol. The molecule has 0 radical (unpaired) electrons. The van der Waals surface area contributed by atoms with E-state index in [1.807, 2.05) is 13.0 Å². The van der Waals surface area contributed by atoms with Crippen molar-refractivity contribution in [3.63, 3.8) is 0 Å². The summed E-state index contributed by atoms with van der Waals surface area (Å²) >= 11 is 0. The summed E-state index contributed by atoms with van der Waals surface area (Å²) in [7, 11) is 1.54. The lowest BCUT2D eigenvalue weighted by molar-refractivity contribution is -0.384. The molecular weight excluding hydrogens is 260 g/mol. The van der Waals surface area contributed by atoms with Crippen LogP contribution in [0.5, 0.6) is 0 Å². The van der Waals surface area contributed by atoms with Gasteiger partial charge in [-0.2, -0.15) is 5.26 Å². The molecule has 106 valence electrons. The fraction of sp³-hybridized carbons (Fsp3) is 0.385. The van der Waals surface area contributed by atoms with Gasteiger partial charge in [0.2, 0.25) is 5.91 Å². The second kappa shape index (κ2) is 7.09. The molecule has 0 saturated heterocycles. The molecule has 0 aromatic heterocycles. The predicted molar refractivity (Wildman–Crippen MR) is 74.4 cm³/mol. The molecule has 20 heavy (non-hydrogen) atoms. The second-order valence-corrected chi connectivity index (χ2v) is 4.17. The average Bonchev–Trinajstić information content (AvgIpc) is 2.45. The highest BCUT2D eigenvalue weighted by Gasteiger charge is 2.17. The minimum Gasteiger partial charge on any atom is -0.361 e. The molecule has 0 unspecified atom stereocenters. The van der Waals surface area contributed by atoms with E-state index in [9.17, 15) is 14.9 Å². The van der Waals surface area contributed by atoms with Crippen LogP contribution in [0, 0.1) is 21.4 Å². The molecule has 0 aliphatic rings. The van der Waals surface area contributed by atoms with E-state index in [-0.39, 0.29) is 23.7 Å². The van der Waals surface area contributed by atoms with Crippen molar-refractivity contribution < 1.29 is 9.72 Å². The Hall–Kier alpha value is -2.62. The Morgan fingerprint density at radius 1 is 1.55 bits per heavy atom. The Morgan fingerprint density at radius 3 is 2.75 bits per heavy atom. The van der Waals surface area contributed by atoms with Crippen molar-refractivity contribution >= 4 is 17.3 Å². The summed E-state index contributed by atoms with van der Waals surface area (Å²) in [6.07, 6.45) is 0.791. The lowest BCUT2D eigenvalue weighted by Gasteiger charge is -2.24. The number of carbonyl (C=O) groups is 1. The van der Waals surface area contributed by atoms with E-state index < -0.39 is 4.92 Å². The molecule has 0 spiro atoms. The minimum atomic E-state index is -0.548. The van der Waals surface area contributed by atoms with Gasteiger partial charge in [0.05, 0.1) is 22.7 Å².